The van der Waals surface area contributed by atoms with Crippen LogP contribution in [0.15, 0.2) is 23.0 Å². The largest absolute Gasteiger partial charge is 0.494 e. The van der Waals surface area contributed by atoms with E-state index in [1.165, 1.54) is 31.3 Å². The molecular formula is C28H33FN8O5. The van der Waals surface area contributed by atoms with Crippen LogP contribution in [-0.4, -0.2) is 102 Å². The number of fused-ring (bicyclic) bond motifs is 1. The first-order valence-corrected chi connectivity index (χ1v) is 13.7. The van der Waals surface area contributed by atoms with Gasteiger partial charge in [-0.15, -0.1) is 0 Å². The van der Waals surface area contributed by atoms with E-state index in [2.05, 4.69) is 25.9 Å². The molecule has 2 saturated heterocycles. The molecular weight excluding hydrogens is 547 g/mol. The Morgan fingerprint density at radius 2 is 1.95 bits per heavy atom. The van der Waals surface area contributed by atoms with Crippen LogP contribution in [-0.2, 0) is 4.74 Å². The summed E-state index contributed by atoms with van der Waals surface area (Å²) in [5.41, 5.74) is -0.545. The molecule has 1 aromatic carbocycles. The fourth-order valence-corrected chi connectivity index (χ4v) is 5.61. The van der Waals surface area contributed by atoms with Crippen molar-refractivity contribution >= 4 is 22.9 Å². The van der Waals surface area contributed by atoms with Gasteiger partial charge in [-0.2, -0.15) is 15.2 Å². The number of likely N-dealkylation sites (tertiary alicyclic amines) is 1. The van der Waals surface area contributed by atoms with E-state index in [1.807, 2.05) is 11.9 Å². The van der Waals surface area contributed by atoms with Crippen LogP contribution >= 0.6 is 0 Å². The summed E-state index contributed by atoms with van der Waals surface area (Å²) >= 11 is 0. The number of rotatable bonds is 7. The van der Waals surface area contributed by atoms with Crippen LogP contribution in [0.4, 0.5) is 15.0 Å². The van der Waals surface area contributed by atoms with E-state index >= 15 is 4.39 Å². The Morgan fingerprint density at radius 1 is 1.14 bits per heavy atom. The van der Waals surface area contributed by atoms with Gasteiger partial charge in [0.15, 0.2) is 17.2 Å². The van der Waals surface area contributed by atoms with Crippen molar-refractivity contribution in [2.45, 2.75) is 38.3 Å². The monoisotopic (exact) mass is 580 g/mol. The fraction of sp³-hybridized carbons (Fsp3) is 0.500. The van der Waals surface area contributed by atoms with Crippen molar-refractivity contribution in [1.29, 1.82) is 5.26 Å². The molecule has 3 aromatic rings. The van der Waals surface area contributed by atoms with Gasteiger partial charge >= 0.3 is 12.1 Å². The molecule has 1 amide bonds. The van der Waals surface area contributed by atoms with Gasteiger partial charge in [-0.1, -0.05) is 6.07 Å². The van der Waals surface area contributed by atoms with Gasteiger partial charge in [0.1, 0.15) is 29.4 Å². The molecule has 0 unspecified atom stereocenters. The van der Waals surface area contributed by atoms with Crippen LogP contribution in [0.3, 0.4) is 0 Å². The summed E-state index contributed by atoms with van der Waals surface area (Å²) < 4.78 is 32.6. The van der Waals surface area contributed by atoms with Gasteiger partial charge in [0, 0.05) is 25.7 Å². The number of likely N-dealkylation sites (N-methyl/N-ethyl adjacent to an activating group) is 1. The van der Waals surface area contributed by atoms with Crippen molar-refractivity contribution in [2.75, 3.05) is 59.0 Å². The maximum absolute atomic E-state index is 15.1. The number of benzene rings is 1. The van der Waals surface area contributed by atoms with Gasteiger partial charge < -0.3 is 28.9 Å². The lowest BCUT2D eigenvalue weighted by Crippen LogP contribution is -2.55. The van der Waals surface area contributed by atoms with E-state index in [0.29, 0.717) is 19.0 Å². The molecule has 2 fully saturated rings. The summed E-state index contributed by atoms with van der Waals surface area (Å²) in [5, 5.41) is 9.44. The number of halogens is 1. The van der Waals surface area contributed by atoms with Gasteiger partial charge in [-0.3, -0.25) is 9.36 Å². The van der Waals surface area contributed by atoms with Crippen molar-refractivity contribution in [3.63, 3.8) is 0 Å². The van der Waals surface area contributed by atoms with E-state index in [0.717, 1.165) is 24.0 Å². The smallest absolute Gasteiger partial charge is 0.409 e. The van der Waals surface area contributed by atoms with Gasteiger partial charge in [-0.25, -0.2) is 14.2 Å². The van der Waals surface area contributed by atoms with Crippen LogP contribution in [0.2, 0.25) is 0 Å². The van der Waals surface area contributed by atoms with E-state index < -0.39 is 23.5 Å². The third kappa shape index (κ3) is 5.39. The molecule has 13 nitrogen and oxygen atoms in total. The highest BCUT2D eigenvalue weighted by Crippen LogP contribution is 2.30. The predicted molar refractivity (Wildman–Crippen MR) is 151 cm³/mol. The zero-order valence-corrected chi connectivity index (χ0v) is 24.0. The van der Waals surface area contributed by atoms with Crippen molar-refractivity contribution in [3.05, 3.63) is 40.2 Å². The van der Waals surface area contributed by atoms with Crippen molar-refractivity contribution in [3.8, 4) is 23.5 Å². The summed E-state index contributed by atoms with van der Waals surface area (Å²) in [7, 11) is 4.71. The molecule has 4 heterocycles. The number of ether oxygens (including phenoxy) is 3. The minimum absolute atomic E-state index is 0.0140. The Balaban J connectivity index is 1.64. The Morgan fingerprint density at radius 3 is 2.64 bits per heavy atom. The maximum atomic E-state index is 15.1. The molecule has 0 N–H and O–H groups in total. The Bertz CT molecular complexity index is 1590. The highest BCUT2D eigenvalue weighted by atomic mass is 19.1. The highest BCUT2D eigenvalue weighted by molar-refractivity contribution is 5.86. The molecule has 2 atom stereocenters. The van der Waals surface area contributed by atoms with Crippen LogP contribution in [0.25, 0.3) is 16.7 Å². The summed E-state index contributed by atoms with van der Waals surface area (Å²) in [4.78, 5) is 45.8. The molecule has 5 rings (SSSR count). The first-order chi connectivity index (χ1) is 20.3. The van der Waals surface area contributed by atoms with Gasteiger partial charge in [0.25, 0.3) is 5.56 Å². The highest BCUT2D eigenvalue weighted by Gasteiger charge is 2.34. The first-order valence-electron chi connectivity index (χ1n) is 13.7. The summed E-state index contributed by atoms with van der Waals surface area (Å²) in [5.74, 6) is 0.0301. The number of para-hydroxylation sites is 1. The Kier molecular flexibility index (Phi) is 8.39. The molecule has 0 saturated carbocycles. The van der Waals surface area contributed by atoms with E-state index in [4.69, 9.17) is 14.2 Å². The second-order valence-electron chi connectivity index (χ2n) is 10.3. The molecule has 2 aromatic heterocycles. The standard InChI is InChI=1S/C28H33FN8O5/c1-17-31-22-23(26(38)37(17)24-20(29)8-5-9-21(24)40-3)32-27(42-16-19-7-6-12-34(19)2)33-25(22)35-13-14-36(28(39)41-4)18(15-35)10-11-30/h5,8-9,18-19H,6-7,10,12-16H2,1-4H3/t18-,19-/m0/s1. The quantitative estimate of drug-likeness (QED) is 0.407. The molecule has 2 aliphatic heterocycles. The van der Waals surface area contributed by atoms with Gasteiger partial charge in [-0.05, 0) is 45.5 Å². The minimum atomic E-state index is -0.658. The van der Waals surface area contributed by atoms with Crippen molar-refractivity contribution < 1.29 is 23.4 Å². The molecule has 0 bridgehead atoms. The maximum Gasteiger partial charge on any atom is 0.409 e. The molecule has 14 heteroatoms. The number of carbonyl (C=O) groups excluding carboxylic acids is 1. The second kappa shape index (κ2) is 12.2. The zero-order chi connectivity index (χ0) is 30.0. The third-order valence-electron chi connectivity index (χ3n) is 7.84. The van der Waals surface area contributed by atoms with E-state index in [-0.39, 0.29) is 59.9 Å². The van der Waals surface area contributed by atoms with Gasteiger partial charge in [0.05, 0.1) is 32.8 Å². The number of aromatic nitrogens is 4. The number of aryl methyl sites for hydroxylation is 1. The number of piperazine rings is 1. The number of carbonyl (C=O) groups is 1. The average molecular weight is 581 g/mol. The Labute approximate surface area is 242 Å². The minimum Gasteiger partial charge on any atom is -0.494 e. The number of nitrogens with zero attached hydrogens (tertiary/aromatic N) is 8. The van der Waals surface area contributed by atoms with Crippen LogP contribution in [0.1, 0.15) is 25.1 Å². The number of nitriles is 1. The number of methoxy groups -OCH3 is 2. The second-order valence-corrected chi connectivity index (χ2v) is 10.3. The topological polar surface area (TPSA) is 139 Å². The Hall–Kier alpha value is -4.51. The van der Waals surface area contributed by atoms with Crippen LogP contribution < -0.4 is 19.9 Å². The van der Waals surface area contributed by atoms with Crippen molar-refractivity contribution in [2.24, 2.45) is 0 Å². The average Bonchev–Trinajstić information content (AvgIpc) is 3.40. The number of amides is 1. The fourth-order valence-electron chi connectivity index (χ4n) is 5.61. The number of hydrogen-bond acceptors (Lipinski definition) is 11. The molecule has 0 spiro atoms. The first kappa shape index (κ1) is 29.0. The van der Waals surface area contributed by atoms with Crippen LogP contribution in [0.5, 0.6) is 11.8 Å². The summed E-state index contributed by atoms with van der Waals surface area (Å²) in [6.45, 7) is 3.70. The number of anilines is 1. The third-order valence-corrected chi connectivity index (χ3v) is 7.84. The molecule has 0 radical (unpaired) electrons. The lowest BCUT2D eigenvalue weighted by molar-refractivity contribution is 0.100. The van der Waals surface area contributed by atoms with Crippen molar-refractivity contribution in [1.82, 2.24) is 29.3 Å². The molecule has 2 aliphatic rings. The summed E-state index contributed by atoms with van der Waals surface area (Å²) in [6, 6.07) is 6.09. The molecule has 42 heavy (non-hydrogen) atoms. The SMILES string of the molecule is COC(=O)N1CCN(c2nc(OC[C@@H]3CCCN3C)nc3c(=O)n(-c4c(F)cccc4OC)c(C)nc23)C[C@@H]1CC#N. The lowest BCUT2D eigenvalue weighted by Gasteiger charge is -2.40. The van der Waals surface area contributed by atoms with E-state index in [9.17, 15) is 14.9 Å². The predicted octanol–water partition coefficient (Wildman–Crippen LogP) is 2.28. The molecule has 222 valence electrons. The summed E-state index contributed by atoms with van der Waals surface area (Å²) in [6.07, 6.45) is 1.56. The van der Waals surface area contributed by atoms with Gasteiger partial charge in [0.2, 0.25) is 0 Å². The normalized spacial score (nSPS) is 19.1. The zero-order valence-electron chi connectivity index (χ0n) is 24.0. The number of hydrogen-bond donors (Lipinski definition) is 0. The molecule has 0 aliphatic carbocycles. The van der Waals surface area contributed by atoms with E-state index in [1.54, 1.807) is 13.0 Å². The lowest BCUT2D eigenvalue weighted by atomic mass is 10.1. The van der Waals surface area contributed by atoms with Crippen LogP contribution in [0, 0.1) is 24.1 Å².